The van der Waals surface area contributed by atoms with E-state index in [1.54, 1.807) is 13.8 Å². The van der Waals surface area contributed by atoms with Crippen molar-refractivity contribution in [1.82, 2.24) is 9.62 Å². The molecule has 0 aliphatic heterocycles. The average Bonchev–Trinajstić information content (AvgIpc) is 2.70. The van der Waals surface area contributed by atoms with Crippen LogP contribution in [0.1, 0.15) is 57.3 Å². The molecule has 1 aromatic carbocycles. The Morgan fingerprint density at radius 2 is 1.87 bits per heavy atom. The highest BCUT2D eigenvalue weighted by Gasteiger charge is 2.29. The quantitative estimate of drug-likeness (QED) is 0.602. The standard InChI is InChI=1S/C21H31ClN2O5S/c1-5-24(6-2)30(27,28)19-12-16(10-11-17(19)22)21(26)29-13-20(25)23-18-9-7-8-14(3)15(18)4/h10-12,14-15,18H,5-9,13H2,1-4H3,(H,23,25). The molecule has 0 saturated heterocycles. The summed E-state index contributed by atoms with van der Waals surface area (Å²) in [5.74, 6) is -0.239. The molecule has 0 heterocycles. The number of carbonyl (C=O) groups excluding carboxylic acids is 2. The van der Waals surface area contributed by atoms with Gasteiger partial charge in [-0.3, -0.25) is 4.79 Å². The number of nitrogens with one attached hydrogen (secondary N) is 1. The molecule has 7 nitrogen and oxygen atoms in total. The highest BCUT2D eigenvalue weighted by Crippen LogP contribution is 2.29. The Morgan fingerprint density at radius 3 is 2.50 bits per heavy atom. The van der Waals surface area contributed by atoms with Crippen molar-refractivity contribution in [2.45, 2.75) is 57.9 Å². The number of hydrogen-bond donors (Lipinski definition) is 1. The number of rotatable bonds is 8. The zero-order valence-electron chi connectivity index (χ0n) is 18.0. The second kappa shape index (κ2) is 10.6. The summed E-state index contributed by atoms with van der Waals surface area (Å²) in [6.07, 6.45) is 3.12. The molecule has 30 heavy (non-hydrogen) atoms. The lowest BCUT2D eigenvalue weighted by molar-refractivity contribution is -0.125. The number of esters is 1. The van der Waals surface area contributed by atoms with Crippen LogP contribution in [0.3, 0.4) is 0 Å². The Bertz CT molecular complexity index is 870. The highest BCUT2D eigenvalue weighted by atomic mass is 35.5. The van der Waals surface area contributed by atoms with Crippen molar-refractivity contribution in [2.24, 2.45) is 11.8 Å². The van der Waals surface area contributed by atoms with E-state index in [1.807, 2.05) is 0 Å². The maximum absolute atomic E-state index is 12.8. The normalized spacial score (nSPS) is 22.0. The number of benzene rings is 1. The SMILES string of the molecule is CCN(CC)S(=O)(=O)c1cc(C(=O)OCC(=O)NC2CCCC(C)C2C)ccc1Cl. The third kappa shape index (κ3) is 5.74. The fourth-order valence-electron chi connectivity index (χ4n) is 3.78. The second-order valence-corrected chi connectivity index (χ2v) is 10.1. The van der Waals surface area contributed by atoms with Gasteiger partial charge in [0.2, 0.25) is 10.0 Å². The van der Waals surface area contributed by atoms with Crippen molar-refractivity contribution in [3.8, 4) is 0 Å². The molecule has 0 spiro atoms. The maximum atomic E-state index is 12.8. The number of hydrogen-bond acceptors (Lipinski definition) is 5. The van der Waals surface area contributed by atoms with E-state index in [1.165, 1.54) is 22.5 Å². The van der Waals surface area contributed by atoms with Crippen LogP contribution in [0.2, 0.25) is 5.02 Å². The Balaban J connectivity index is 2.04. The summed E-state index contributed by atoms with van der Waals surface area (Å²) in [5, 5.41) is 2.97. The van der Waals surface area contributed by atoms with Crippen molar-refractivity contribution >= 4 is 33.5 Å². The largest absolute Gasteiger partial charge is 0.452 e. The molecule has 3 unspecified atom stereocenters. The number of halogens is 1. The maximum Gasteiger partial charge on any atom is 0.338 e. The van der Waals surface area contributed by atoms with Crippen molar-refractivity contribution in [3.05, 3.63) is 28.8 Å². The molecule has 168 valence electrons. The van der Waals surface area contributed by atoms with Crippen molar-refractivity contribution in [2.75, 3.05) is 19.7 Å². The Hall–Kier alpha value is -1.64. The van der Waals surface area contributed by atoms with E-state index in [-0.39, 0.29) is 40.5 Å². The van der Waals surface area contributed by atoms with Crippen LogP contribution in [-0.4, -0.2) is 50.3 Å². The molecule has 1 fully saturated rings. The highest BCUT2D eigenvalue weighted by molar-refractivity contribution is 7.89. The minimum absolute atomic E-state index is 0.0246. The Labute approximate surface area is 184 Å². The predicted molar refractivity (Wildman–Crippen MR) is 116 cm³/mol. The molecule has 9 heteroatoms. The van der Waals surface area contributed by atoms with Crippen LogP contribution in [-0.2, 0) is 19.6 Å². The lowest BCUT2D eigenvalue weighted by Crippen LogP contribution is -2.45. The van der Waals surface area contributed by atoms with Gasteiger partial charge in [-0.25, -0.2) is 13.2 Å². The molecule has 1 aliphatic carbocycles. The van der Waals surface area contributed by atoms with Crippen LogP contribution in [0.25, 0.3) is 0 Å². The first-order valence-electron chi connectivity index (χ1n) is 10.4. The summed E-state index contributed by atoms with van der Waals surface area (Å²) in [7, 11) is -3.84. The van der Waals surface area contributed by atoms with Gasteiger partial charge in [0, 0.05) is 19.1 Å². The van der Waals surface area contributed by atoms with E-state index in [2.05, 4.69) is 19.2 Å². The van der Waals surface area contributed by atoms with Gasteiger partial charge in [0.25, 0.3) is 5.91 Å². The van der Waals surface area contributed by atoms with E-state index in [0.717, 1.165) is 19.3 Å². The van der Waals surface area contributed by atoms with Gasteiger partial charge in [0.15, 0.2) is 6.61 Å². The molecular formula is C21H31ClN2O5S. The first-order chi connectivity index (χ1) is 14.1. The van der Waals surface area contributed by atoms with E-state index >= 15 is 0 Å². The van der Waals surface area contributed by atoms with Crippen LogP contribution < -0.4 is 5.32 Å². The van der Waals surface area contributed by atoms with Gasteiger partial charge in [-0.15, -0.1) is 0 Å². The fourth-order valence-corrected chi connectivity index (χ4v) is 5.74. The molecule has 0 bridgehead atoms. The summed E-state index contributed by atoms with van der Waals surface area (Å²) in [5.41, 5.74) is 0.0255. The van der Waals surface area contributed by atoms with Gasteiger partial charge < -0.3 is 10.1 Å². The molecule has 3 atom stereocenters. The van der Waals surface area contributed by atoms with Gasteiger partial charge >= 0.3 is 5.97 Å². The van der Waals surface area contributed by atoms with Crippen LogP contribution in [0.15, 0.2) is 23.1 Å². The molecule has 1 saturated carbocycles. The first-order valence-corrected chi connectivity index (χ1v) is 12.2. The minimum atomic E-state index is -3.84. The minimum Gasteiger partial charge on any atom is -0.452 e. The average molecular weight is 459 g/mol. The smallest absolute Gasteiger partial charge is 0.338 e. The predicted octanol–water partition coefficient (Wildman–Crippen LogP) is 3.47. The van der Waals surface area contributed by atoms with Gasteiger partial charge in [0.05, 0.1) is 10.6 Å². The van der Waals surface area contributed by atoms with Crippen LogP contribution in [0.5, 0.6) is 0 Å². The lowest BCUT2D eigenvalue weighted by atomic mass is 9.78. The van der Waals surface area contributed by atoms with E-state index < -0.39 is 22.6 Å². The number of nitrogens with zero attached hydrogens (tertiary/aromatic N) is 1. The third-order valence-electron chi connectivity index (χ3n) is 5.88. The Kier molecular flexibility index (Phi) is 8.70. The zero-order chi connectivity index (χ0) is 22.5. The number of amides is 1. The number of sulfonamides is 1. The van der Waals surface area contributed by atoms with Crippen LogP contribution >= 0.6 is 11.6 Å². The van der Waals surface area contributed by atoms with Crippen molar-refractivity contribution in [1.29, 1.82) is 0 Å². The molecule has 1 amide bonds. The fraction of sp³-hybridized carbons (Fsp3) is 0.619. The van der Waals surface area contributed by atoms with Gasteiger partial charge in [-0.05, 0) is 36.5 Å². The van der Waals surface area contributed by atoms with E-state index in [9.17, 15) is 18.0 Å². The summed E-state index contributed by atoms with van der Waals surface area (Å²) in [6.45, 7) is 7.88. The summed E-state index contributed by atoms with van der Waals surface area (Å²) >= 11 is 6.08. The van der Waals surface area contributed by atoms with Crippen LogP contribution in [0.4, 0.5) is 0 Å². The van der Waals surface area contributed by atoms with Crippen LogP contribution in [0, 0.1) is 11.8 Å². The monoisotopic (exact) mass is 458 g/mol. The number of ether oxygens (including phenoxy) is 1. The molecule has 1 N–H and O–H groups in total. The summed E-state index contributed by atoms with van der Waals surface area (Å²) in [4.78, 5) is 24.5. The molecule has 1 aliphatic rings. The molecule has 1 aromatic rings. The van der Waals surface area contributed by atoms with Gasteiger partial charge in [-0.2, -0.15) is 4.31 Å². The third-order valence-corrected chi connectivity index (χ3v) is 8.41. The Morgan fingerprint density at radius 1 is 1.20 bits per heavy atom. The van der Waals surface area contributed by atoms with Gasteiger partial charge in [0.1, 0.15) is 4.90 Å². The number of carbonyl (C=O) groups is 2. The zero-order valence-corrected chi connectivity index (χ0v) is 19.6. The molecule has 0 aromatic heterocycles. The molecule has 2 rings (SSSR count). The van der Waals surface area contributed by atoms with Crippen molar-refractivity contribution < 1.29 is 22.7 Å². The van der Waals surface area contributed by atoms with Gasteiger partial charge in [-0.1, -0.05) is 52.1 Å². The lowest BCUT2D eigenvalue weighted by Gasteiger charge is -2.34. The topological polar surface area (TPSA) is 92.8 Å². The van der Waals surface area contributed by atoms with E-state index in [0.29, 0.717) is 11.8 Å². The first kappa shape index (κ1) is 24.6. The van der Waals surface area contributed by atoms with E-state index in [4.69, 9.17) is 16.3 Å². The molecule has 0 radical (unpaired) electrons. The second-order valence-electron chi connectivity index (χ2n) is 7.75. The summed E-state index contributed by atoms with van der Waals surface area (Å²) in [6, 6.07) is 4.00. The van der Waals surface area contributed by atoms with Crippen molar-refractivity contribution in [3.63, 3.8) is 0 Å². The summed E-state index contributed by atoms with van der Waals surface area (Å²) < 4.78 is 31.9. The molecular weight excluding hydrogens is 428 g/mol.